The van der Waals surface area contributed by atoms with Gasteiger partial charge >= 0.3 is 7.82 Å². The molecule has 2 fully saturated rings. The maximum atomic E-state index is 14.8. The quantitative estimate of drug-likeness (QED) is 0.0248. The molecule has 4 N–H and O–H groups in total. The van der Waals surface area contributed by atoms with E-state index in [0.29, 0.717) is 23.4 Å². The second-order valence-electron chi connectivity index (χ2n) is 17.2. The SMILES string of the molecule is CCCCCCCCCCCCCCCCCC(COP(=O)(OC[C@@]1(C#N)O[C@@H](c2ccc(C(N)=NC=N)[nH]2)[C@@H]2OC(C)(C)O[C@@H]21)Oc1ccccc1Cl)OCc1cc(F)cc(C#N)c1. The molecule has 0 amide bonds. The number of H-pyrrole nitrogens is 1. The van der Waals surface area contributed by atoms with Crippen molar-refractivity contribution in [1.82, 2.24) is 4.98 Å². The van der Waals surface area contributed by atoms with Gasteiger partial charge in [0.1, 0.15) is 54.7 Å². The first-order valence-corrected chi connectivity index (χ1v) is 24.8. The first-order valence-electron chi connectivity index (χ1n) is 22.9. The molecule has 14 nitrogen and oxygen atoms in total. The van der Waals surface area contributed by atoms with Crippen LogP contribution in [0.4, 0.5) is 4.39 Å². The molecule has 0 spiro atoms. The zero-order valence-corrected chi connectivity index (χ0v) is 39.6. The van der Waals surface area contributed by atoms with Crippen LogP contribution in [0, 0.1) is 33.9 Å². The molecule has 0 aliphatic carbocycles. The number of aromatic nitrogens is 1. The molecule has 3 heterocycles. The monoisotopic (exact) mass is 938 g/mol. The standard InChI is InChI=1S/C48H65ClFN6O8P/c1-4-5-6-7-8-9-10-11-12-13-14-15-16-17-18-21-38(58-30-36-26-35(29-51)27-37(50)28-36)31-59-65(57,64-42-23-20-19-22-39(42)49)60-33-48(32-52)45-44(61-47(2,3)63-45)43(62-48)40-24-25-41(56-40)46(54)55-34-53/h19-20,22-28,34,38,43-45,56H,4-18,21,30-31,33H2,1-3H3,(H3,53,54,55)/t38?,43-,44-,45-,48+,65?/m0/s1. The van der Waals surface area contributed by atoms with E-state index in [1.807, 2.05) is 6.07 Å². The lowest BCUT2D eigenvalue weighted by molar-refractivity contribution is -0.204. The summed E-state index contributed by atoms with van der Waals surface area (Å²) in [4.78, 5) is 6.94. The number of ether oxygens (including phenoxy) is 4. The highest BCUT2D eigenvalue weighted by molar-refractivity contribution is 7.49. The Balaban J connectivity index is 1.26. The molecule has 17 heteroatoms. The van der Waals surface area contributed by atoms with E-state index in [2.05, 4.69) is 23.0 Å². The van der Waals surface area contributed by atoms with Gasteiger partial charge in [0, 0.05) is 5.69 Å². The second-order valence-corrected chi connectivity index (χ2v) is 19.2. The van der Waals surface area contributed by atoms with Gasteiger partial charge in [-0.3, -0.25) is 14.5 Å². The molecule has 2 unspecified atom stereocenters. The van der Waals surface area contributed by atoms with Crippen molar-refractivity contribution >= 4 is 31.6 Å². The van der Waals surface area contributed by atoms with Gasteiger partial charge in [-0.2, -0.15) is 10.5 Å². The second kappa shape index (κ2) is 25.7. The van der Waals surface area contributed by atoms with Crippen molar-refractivity contribution in [3.05, 3.63) is 88.0 Å². The molecule has 354 valence electrons. The number of nitrogens with two attached hydrogens (primary N) is 1. The fourth-order valence-electron chi connectivity index (χ4n) is 8.13. The summed E-state index contributed by atoms with van der Waals surface area (Å²) in [6, 6.07) is 17.9. The van der Waals surface area contributed by atoms with Crippen molar-refractivity contribution in [2.45, 2.75) is 166 Å². The Morgan fingerprint density at radius 2 is 1.62 bits per heavy atom. The summed E-state index contributed by atoms with van der Waals surface area (Å²) in [6.07, 6.45) is 16.1. The Morgan fingerprint density at radius 3 is 2.25 bits per heavy atom. The Labute approximate surface area is 388 Å². The Kier molecular flexibility index (Phi) is 20.5. The van der Waals surface area contributed by atoms with Crippen LogP contribution in [-0.4, -0.2) is 60.1 Å². The van der Waals surface area contributed by atoms with Crippen molar-refractivity contribution in [2.75, 3.05) is 13.2 Å². The molecule has 0 saturated carbocycles. The van der Waals surface area contributed by atoms with Crippen LogP contribution in [0.5, 0.6) is 5.75 Å². The zero-order valence-electron chi connectivity index (χ0n) is 37.9. The number of nitrogens with one attached hydrogen (secondary N) is 2. The van der Waals surface area contributed by atoms with E-state index >= 15 is 0 Å². The number of unbranched alkanes of at least 4 members (excludes halogenated alkanes) is 14. The molecule has 0 radical (unpaired) electrons. The summed E-state index contributed by atoms with van der Waals surface area (Å²) in [5.74, 6) is -1.61. The number of aromatic amines is 1. The van der Waals surface area contributed by atoms with Crippen LogP contribution in [0.2, 0.25) is 5.02 Å². The lowest BCUT2D eigenvalue weighted by Gasteiger charge is -2.30. The molecule has 6 atom stereocenters. The van der Waals surface area contributed by atoms with Gasteiger partial charge in [-0.05, 0) is 68.3 Å². The Hall–Kier alpha value is -4.15. The summed E-state index contributed by atoms with van der Waals surface area (Å²) in [5.41, 5.74) is 5.65. The molecular weight excluding hydrogens is 874 g/mol. The van der Waals surface area contributed by atoms with Gasteiger partial charge in [0.15, 0.2) is 5.79 Å². The lowest BCUT2D eigenvalue weighted by atomic mass is 9.96. The van der Waals surface area contributed by atoms with E-state index in [0.717, 1.165) is 38.1 Å². The number of rotatable bonds is 30. The minimum atomic E-state index is -4.65. The number of halogens is 2. The van der Waals surface area contributed by atoms with Crippen LogP contribution >= 0.6 is 19.4 Å². The van der Waals surface area contributed by atoms with Gasteiger partial charge in [-0.1, -0.05) is 127 Å². The van der Waals surface area contributed by atoms with E-state index in [1.54, 1.807) is 50.2 Å². The minimum absolute atomic E-state index is 0.0138. The van der Waals surface area contributed by atoms with Crippen LogP contribution in [-0.2, 0) is 39.2 Å². The average molecular weight is 940 g/mol. The maximum absolute atomic E-state index is 14.8. The zero-order chi connectivity index (χ0) is 46.7. The number of benzene rings is 2. The van der Waals surface area contributed by atoms with Crippen molar-refractivity contribution in [2.24, 2.45) is 10.7 Å². The minimum Gasteiger partial charge on any atom is -0.402 e. The summed E-state index contributed by atoms with van der Waals surface area (Å²) >= 11 is 6.46. The normalized spacial score (nSPS) is 21.6. The largest absolute Gasteiger partial charge is 0.530 e. The number of fused-ring (bicyclic) bond motifs is 1. The number of nitrogens with zero attached hydrogens (tertiary/aromatic N) is 3. The highest BCUT2D eigenvalue weighted by atomic mass is 35.5. The molecule has 1 aromatic heterocycles. The third-order valence-electron chi connectivity index (χ3n) is 11.5. The maximum Gasteiger partial charge on any atom is 0.530 e. The number of para-hydroxylation sites is 1. The van der Waals surface area contributed by atoms with Crippen LogP contribution in [0.25, 0.3) is 0 Å². The molecule has 5 rings (SSSR count). The van der Waals surface area contributed by atoms with E-state index in [4.69, 9.17) is 55.3 Å². The number of nitriles is 2. The predicted octanol–water partition coefficient (Wildman–Crippen LogP) is 11.9. The first kappa shape index (κ1) is 51.8. The molecule has 65 heavy (non-hydrogen) atoms. The molecule has 3 aromatic rings. The number of hydrogen-bond donors (Lipinski definition) is 3. The predicted molar refractivity (Wildman–Crippen MR) is 247 cm³/mol. The fourth-order valence-corrected chi connectivity index (χ4v) is 9.63. The van der Waals surface area contributed by atoms with Gasteiger partial charge in [-0.15, -0.1) is 0 Å². The lowest BCUT2D eigenvalue weighted by Crippen LogP contribution is -2.46. The molecule has 2 aliphatic heterocycles. The molecule has 2 saturated heterocycles. The van der Waals surface area contributed by atoms with Crippen LogP contribution in [0.1, 0.15) is 152 Å². The van der Waals surface area contributed by atoms with Crippen molar-refractivity contribution in [3.63, 3.8) is 0 Å². The van der Waals surface area contributed by atoms with E-state index in [1.165, 1.54) is 82.8 Å². The van der Waals surface area contributed by atoms with Gasteiger partial charge in [0.2, 0.25) is 5.60 Å². The molecular formula is C48H65ClFN6O8P. The van der Waals surface area contributed by atoms with E-state index in [9.17, 15) is 19.5 Å². The van der Waals surface area contributed by atoms with Gasteiger partial charge in [0.05, 0.1) is 41.7 Å². The topological polar surface area (TPSA) is 207 Å². The van der Waals surface area contributed by atoms with Crippen LogP contribution in [0.3, 0.4) is 0 Å². The van der Waals surface area contributed by atoms with Gasteiger partial charge < -0.3 is 34.2 Å². The smallest absolute Gasteiger partial charge is 0.402 e. The highest BCUT2D eigenvalue weighted by Crippen LogP contribution is 2.55. The Bertz CT molecular complexity index is 2140. The number of phosphoric acid groups is 1. The van der Waals surface area contributed by atoms with Gasteiger partial charge in [0.25, 0.3) is 0 Å². The van der Waals surface area contributed by atoms with Crippen molar-refractivity contribution in [1.29, 1.82) is 15.9 Å². The number of amidine groups is 1. The summed E-state index contributed by atoms with van der Waals surface area (Å²) in [5, 5.41) is 27.6. The van der Waals surface area contributed by atoms with Gasteiger partial charge in [-0.25, -0.2) is 13.9 Å². The van der Waals surface area contributed by atoms with Crippen LogP contribution in [0.15, 0.2) is 59.6 Å². The highest BCUT2D eigenvalue weighted by Gasteiger charge is 2.65. The molecule has 0 bridgehead atoms. The Morgan fingerprint density at radius 1 is 0.954 bits per heavy atom. The summed E-state index contributed by atoms with van der Waals surface area (Å²) < 4.78 is 72.4. The van der Waals surface area contributed by atoms with E-state index < -0.39 is 56.1 Å². The number of phosphoric ester groups is 1. The molecule has 2 aliphatic rings. The summed E-state index contributed by atoms with van der Waals surface area (Å²) in [7, 11) is -4.65. The van der Waals surface area contributed by atoms with Crippen molar-refractivity contribution < 1.29 is 41.5 Å². The summed E-state index contributed by atoms with van der Waals surface area (Å²) in [6.45, 7) is 4.70. The first-order chi connectivity index (χ1) is 31.3. The third-order valence-corrected chi connectivity index (χ3v) is 13.2. The fraction of sp³-hybridized carbons (Fsp3) is 0.583. The molecule has 2 aromatic carbocycles. The number of hydrogen-bond acceptors (Lipinski definition) is 11. The third kappa shape index (κ3) is 15.7. The number of aliphatic imine (C=N–C) groups is 1. The van der Waals surface area contributed by atoms with Crippen molar-refractivity contribution in [3.8, 4) is 17.9 Å². The van der Waals surface area contributed by atoms with E-state index in [-0.39, 0.29) is 35.4 Å². The average Bonchev–Trinajstić information content (AvgIpc) is 3.98. The van der Waals surface area contributed by atoms with Crippen LogP contribution < -0.4 is 10.3 Å².